The van der Waals surface area contributed by atoms with Gasteiger partial charge in [0.15, 0.2) is 14.6 Å². The molecular weight excluding hydrogens is 404 g/mol. The third-order valence-corrected chi connectivity index (χ3v) is 7.62. The number of hydroxylamine groups is 1. The van der Waals surface area contributed by atoms with Crippen LogP contribution in [0.1, 0.15) is 18.9 Å². The average molecular weight is 429 g/mol. The highest BCUT2D eigenvalue weighted by atomic mass is 32.2. The molecule has 1 aromatic heterocycles. The lowest BCUT2D eigenvalue weighted by Crippen LogP contribution is -2.49. The number of carbonyl (C=O) groups excluding carboxylic acids is 1. The zero-order chi connectivity index (χ0) is 22.1. The van der Waals surface area contributed by atoms with Crippen LogP contribution in [0.25, 0.3) is 21.9 Å². The third-order valence-electron chi connectivity index (χ3n) is 5.59. The van der Waals surface area contributed by atoms with Crippen LogP contribution in [0, 0.1) is 6.92 Å². The van der Waals surface area contributed by atoms with Crippen molar-refractivity contribution in [1.29, 1.82) is 0 Å². The lowest BCUT2D eigenvalue weighted by Gasteiger charge is -2.25. The molecule has 0 spiro atoms. The fraction of sp³-hybridized carbons (Fsp3) is 0.273. The number of amides is 1. The first-order chi connectivity index (χ1) is 14.1. The number of nitrogens with one attached hydrogen (secondary N) is 1. The van der Waals surface area contributed by atoms with Crippen molar-refractivity contribution < 1.29 is 18.4 Å². The Morgan fingerprint density at radius 3 is 2.33 bits per heavy atom. The molecule has 0 bridgehead atoms. The number of benzene rings is 2. The van der Waals surface area contributed by atoms with Crippen LogP contribution in [0.15, 0.2) is 59.5 Å². The maximum atomic E-state index is 12.9. The van der Waals surface area contributed by atoms with Crippen molar-refractivity contribution in [2.45, 2.75) is 31.6 Å². The Morgan fingerprint density at radius 2 is 1.73 bits per heavy atom. The average Bonchev–Trinajstić information content (AvgIpc) is 2.72. The van der Waals surface area contributed by atoms with Crippen LogP contribution in [-0.2, 0) is 21.2 Å². The molecule has 8 heteroatoms. The fourth-order valence-electron chi connectivity index (χ4n) is 3.31. The largest absolute Gasteiger partial charge is 0.315 e. The van der Waals surface area contributed by atoms with Gasteiger partial charge >= 0.3 is 0 Å². The molecule has 0 saturated carbocycles. The molecule has 0 radical (unpaired) electrons. The number of sulfone groups is 1. The molecule has 2 aromatic carbocycles. The molecule has 0 aliphatic heterocycles. The first kappa shape index (κ1) is 21.7. The molecule has 0 unspecified atom stereocenters. The molecule has 1 heterocycles. The Kier molecular flexibility index (Phi) is 5.83. The van der Waals surface area contributed by atoms with Crippen LogP contribution in [0.5, 0.6) is 0 Å². The van der Waals surface area contributed by atoms with E-state index in [1.54, 1.807) is 18.3 Å². The van der Waals surface area contributed by atoms with Gasteiger partial charge in [-0.25, -0.2) is 13.9 Å². The Morgan fingerprint density at radius 1 is 1.10 bits per heavy atom. The minimum Gasteiger partial charge on any atom is -0.315 e. The number of nitrogens with zero attached hydrogens (tertiary/aromatic N) is 1. The molecule has 2 N–H and O–H groups in total. The summed E-state index contributed by atoms with van der Waals surface area (Å²) in [7, 11) is -3.83. The van der Waals surface area contributed by atoms with E-state index >= 15 is 0 Å². The highest BCUT2D eigenvalue weighted by Gasteiger charge is 2.43. The molecule has 1 amide bonds. The first-order valence-corrected chi connectivity index (χ1v) is 11.3. The van der Waals surface area contributed by atoms with Gasteiger partial charge in [0, 0.05) is 24.4 Å². The normalized spacial score (nSPS) is 13.7. The smallest absolute Gasteiger partial charge is 0.264 e. The van der Waals surface area contributed by atoms with Crippen molar-refractivity contribution in [1.82, 2.24) is 10.0 Å². The monoisotopic (exact) mass is 428 g/mol. The van der Waals surface area contributed by atoms with Crippen molar-refractivity contribution in [3.8, 4) is 11.1 Å². The zero-order valence-corrected chi connectivity index (χ0v) is 17.9. The molecule has 158 valence electrons. The number of aryl methyl sites for hydroxylation is 2. The molecule has 7 nitrogen and oxygen atoms in total. The molecule has 30 heavy (non-hydrogen) atoms. The van der Waals surface area contributed by atoms with Gasteiger partial charge in [0.05, 0.1) is 0 Å². The number of carbonyl (C=O) groups is 1. The minimum atomic E-state index is -3.83. The van der Waals surface area contributed by atoms with Gasteiger partial charge in [0.2, 0.25) is 0 Å². The van der Waals surface area contributed by atoms with E-state index in [2.05, 4.69) is 0 Å². The van der Waals surface area contributed by atoms with Crippen LogP contribution in [0.4, 0.5) is 0 Å². The molecular formula is C22H24N2O5S. The van der Waals surface area contributed by atoms with Gasteiger partial charge in [0.1, 0.15) is 0 Å². The summed E-state index contributed by atoms with van der Waals surface area (Å²) >= 11 is 0. The highest BCUT2D eigenvalue weighted by Crippen LogP contribution is 2.25. The number of hydrogen-bond acceptors (Lipinski definition) is 5. The van der Waals surface area contributed by atoms with Gasteiger partial charge in [-0.2, -0.15) is 0 Å². The zero-order valence-electron chi connectivity index (χ0n) is 17.0. The van der Waals surface area contributed by atoms with Crippen molar-refractivity contribution in [3.05, 3.63) is 70.6 Å². The number of pyridine rings is 1. The SMILES string of the molecule is Cc1ccc(-c2ccc3c(=O)n(CC[C@@](C)(C(=O)NO)S(C)(=O)=O)ccc3c2)cc1. The van der Waals surface area contributed by atoms with E-state index in [0.29, 0.717) is 5.39 Å². The maximum Gasteiger partial charge on any atom is 0.264 e. The second-order valence-electron chi connectivity index (χ2n) is 7.68. The highest BCUT2D eigenvalue weighted by molar-refractivity contribution is 7.92. The van der Waals surface area contributed by atoms with Gasteiger partial charge in [0.25, 0.3) is 11.5 Å². The van der Waals surface area contributed by atoms with Gasteiger partial charge in [-0.1, -0.05) is 35.9 Å². The summed E-state index contributed by atoms with van der Waals surface area (Å²) in [5.74, 6) is -1.03. The van der Waals surface area contributed by atoms with E-state index in [-0.39, 0.29) is 18.5 Å². The van der Waals surface area contributed by atoms with Crippen LogP contribution in [0.3, 0.4) is 0 Å². The summed E-state index contributed by atoms with van der Waals surface area (Å²) < 4.78 is 23.7. The maximum absolute atomic E-state index is 12.9. The van der Waals surface area contributed by atoms with Crippen LogP contribution in [0.2, 0.25) is 0 Å². The molecule has 0 fully saturated rings. The molecule has 1 atom stereocenters. The van der Waals surface area contributed by atoms with E-state index in [1.165, 1.54) is 22.5 Å². The summed E-state index contributed by atoms with van der Waals surface area (Å²) in [5.41, 5.74) is 4.34. The van der Waals surface area contributed by atoms with E-state index in [9.17, 15) is 18.0 Å². The second-order valence-corrected chi connectivity index (χ2v) is 10.1. The molecule has 3 rings (SSSR count). The summed E-state index contributed by atoms with van der Waals surface area (Å²) in [6, 6.07) is 15.4. The van der Waals surface area contributed by atoms with E-state index in [4.69, 9.17) is 5.21 Å². The lowest BCUT2D eigenvalue weighted by molar-refractivity contribution is -0.131. The predicted molar refractivity (Wildman–Crippen MR) is 116 cm³/mol. The Labute approximate surface area is 174 Å². The second kappa shape index (κ2) is 8.04. The van der Waals surface area contributed by atoms with Gasteiger partial charge in [-0.3, -0.25) is 14.8 Å². The first-order valence-electron chi connectivity index (χ1n) is 9.41. The molecule has 3 aromatic rings. The molecule has 0 aliphatic carbocycles. The Bertz CT molecular complexity index is 1260. The number of aromatic nitrogens is 1. The van der Waals surface area contributed by atoms with Crippen LogP contribution >= 0.6 is 0 Å². The van der Waals surface area contributed by atoms with Crippen LogP contribution < -0.4 is 11.0 Å². The van der Waals surface area contributed by atoms with Crippen molar-refractivity contribution in [3.63, 3.8) is 0 Å². The quantitative estimate of drug-likeness (QED) is 0.464. The van der Waals surface area contributed by atoms with Gasteiger partial charge < -0.3 is 4.57 Å². The number of fused-ring (bicyclic) bond motifs is 1. The summed E-state index contributed by atoms with van der Waals surface area (Å²) in [6.45, 7) is 3.25. The summed E-state index contributed by atoms with van der Waals surface area (Å²) in [6.07, 6.45) is 2.35. The van der Waals surface area contributed by atoms with Crippen LogP contribution in [-0.4, -0.2) is 35.1 Å². The van der Waals surface area contributed by atoms with Crippen molar-refractivity contribution in [2.75, 3.05) is 6.26 Å². The molecule has 0 aliphatic rings. The van der Waals surface area contributed by atoms with E-state index < -0.39 is 20.5 Å². The van der Waals surface area contributed by atoms with Gasteiger partial charge in [-0.05, 0) is 55.0 Å². The Hall–Kier alpha value is -2.97. The number of rotatable bonds is 6. The standard InChI is InChI=1S/C22H24N2O5S/c1-15-4-6-16(7-5-15)17-8-9-19-18(14-17)10-12-24(20(19)25)13-11-22(2,21(26)23-27)30(3,28)29/h4-10,12,14,27H,11,13H2,1-3H3,(H,23,26)/t22-/m0/s1. The summed E-state index contributed by atoms with van der Waals surface area (Å²) in [5, 5.41) is 10.2. The van der Waals surface area contributed by atoms with E-state index in [1.807, 2.05) is 43.3 Å². The predicted octanol–water partition coefficient (Wildman–Crippen LogP) is 2.68. The lowest BCUT2D eigenvalue weighted by atomic mass is 10.0. The molecule has 0 saturated heterocycles. The topological polar surface area (TPSA) is 105 Å². The third kappa shape index (κ3) is 4.01. The van der Waals surface area contributed by atoms with E-state index in [0.717, 1.165) is 22.8 Å². The Balaban J connectivity index is 1.94. The van der Waals surface area contributed by atoms with Crippen molar-refractivity contribution >= 4 is 26.5 Å². The van der Waals surface area contributed by atoms with Crippen molar-refractivity contribution in [2.24, 2.45) is 0 Å². The van der Waals surface area contributed by atoms with Gasteiger partial charge in [-0.15, -0.1) is 0 Å². The number of hydrogen-bond donors (Lipinski definition) is 2. The fourth-order valence-corrected chi connectivity index (χ4v) is 4.15. The minimum absolute atomic E-state index is 0.00543. The summed E-state index contributed by atoms with van der Waals surface area (Å²) in [4.78, 5) is 24.9.